The second-order valence-corrected chi connectivity index (χ2v) is 6.01. The lowest BCUT2D eigenvalue weighted by Crippen LogP contribution is -2.27. The van der Waals surface area contributed by atoms with Gasteiger partial charge in [-0.25, -0.2) is 0 Å². The number of carbonyl (C=O) groups excluding carboxylic acids is 1. The van der Waals surface area contributed by atoms with E-state index in [0.29, 0.717) is 0 Å². The monoisotopic (exact) mass is 218 g/mol. The number of benzene rings is 1. The molecule has 16 heavy (non-hydrogen) atoms. The van der Waals surface area contributed by atoms with Crippen molar-refractivity contribution in [2.75, 3.05) is 0 Å². The Morgan fingerprint density at radius 1 is 1.00 bits per heavy atom. The summed E-state index contributed by atoms with van der Waals surface area (Å²) in [6.45, 7) is 12.2. The molecule has 0 fully saturated rings. The number of hydrogen-bond donors (Lipinski definition) is 0. The van der Waals surface area contributed by atoms with Gasteiger partial charge in [0.1, 0.15) is 5.78 Å². The summed E-state index contributed by atoms with van der Waals surface area (Å²) < 4.78 is 0. The highest BCUT2D eigenvalue weighted by atomic mass is 16.1. The maximum atomic E-state index is 11.6. The van der Waals surface area contributed by atoms with Gasteiger partial charge in [0.25, 0.3) is 0 Å². The SMILES string of the molecule is CC(=O)C(C)(C)c1cccc(C(C)(C)C)c1. The van der Waals surface area contributed by atoms with E-state index in [9.17, 15) is 4.79 Å². The Hall–Kier alpha value is -1.11. The molecule has 0 amide bonds. The minimum absolute atomic E-state index is 0.128. The molecule has 0 spiro atoms. The smallest absolute Gasteiger partial charge is 0.139 e. The maximum Gasteiger partial charge on any atom is 0.139 e. The molecule has 0 saturated carbocycles. The van der Waals surface area contributed by atoms with Crippen molar-refractivity contribution in [1.82, 2.24) is 0 Å². The molecule has 0 atom stereocenters. The Balaban J connectivity index is 3.23. The van der Waals surface area contributed by atoms with Gasteiger partial charge in [0.15, 0.2) is 0 Å². The molecule has 0 N–H and O–H groups in total. The summed E-state index contributed by atoms with van der Waals surface area (Å²) in [5.41, 5.74) is 2.12. The third kappa shape index (κ3) is 2.52. The van der Waals surface area contributed by atoms with Gasteiger partial charge >= 0.3 is 0 Å². The first-order chi connectivity index (χ1) is 7.15. The van der Waals surface area contributed by atoms with Crippen molar-refractivity contribution < 1.29 is 4.79 Å². The summed E-state index contributed by atoms with van der Waals surface area (Å²) in [5, 5.41) is 0. The van der Waals surface area contributed by atoms with Gasteiger partial charge in [-0.15, -0.1) is 0 Å². The zero-order valence-corrected chi connectivity index (χ0v) is 11.2. The van der Waals surface area contributed by atoms with Crippen molar-refractivity contribution in [3.8, 4) is 0 Å². The number of rotatable bonds is 2. The van der Waals surface area contributed by atoms with Gasteiger partial charge in [-0.3, -0.25) is 4.79 Å². The molecule has 0 bridgehead atoms. The summed E-state index contributed by atoms with van der Waals surface area (Å²) in [6, 6.07) is 8.36. The predicted octanol–water partition coefficient (Wildman–Crippen LogP) is 3.85. The van der Waals surface area contributed by atoms with Gasteiger partial charge < -0.3 is 0 Å². The molecule has 0 aliphatic heterocycles. The molecule has 0 radical (unpaired) electrons. The number of ketones is 1. The summed E-state index contributed by atoms with van der Waals surface area (Å²) in [6.07, 6.45) is 0. The van der Waals surface area contributed by atoms with Gasteiger partial charge in [-0.1, -0.05) is 45.0 Å². The molecule has 0 aromatic heterocycles. The highest BCUT2D eigenvalue weighted by molar-refractivity contribution is 5.87. The van der Waals surface area contributed by atoms with E-state index in [4.69, 9.17) is 0 Å². The predicted molar refractivity (Wildman–Crippen MR) is 68.8 cm³/mol. The third-order valence-electron chi connectivity index (χ3n) is 3.33. The van der Waals surface area contributed by atoms with Crippen molar-refractivity contribution in [1.29, 1.82) is 0 Å². The summed E-state index contributed by atoms with van der Waals surface area (Å²) in [4.78, 5) is 11.6. The second-order valence-electron chi connectivity index (χ2n) is 6.01. The fraction of sp³-hybridized carbons (Fsp3) is 0.533. The number of hydrogen-bond acceptors (Lipinski definition) is 1. The van der Waals surface area contributed by atoms with Gasteiger partial charge in [-0.2, -0.15) is 0 Å². The van der Waals surface area contributed by atoms with E-state index in [0.717, 1.165) is 5.56 Å². The molecule has 0 heterocycles. The first kappa shape index (κ1) is 13.0. The van der Waals surface area contributed by atoms with E-state index in [-0.39, 0.29) is 16.6 Å². The van der Waals surface area contributed by atoms with E-state index in [1.807, 2.05) is 26.0 Å². The molecular weight excluding hydrogens is 196 g/mol. The van der Waals surface area contributed by atoms with Crippen molar-refractivity contribution in [3.63, 3.8) is 0 Å². The minimum Gasteiger partial charge on any atom is -0.299 e. The lowest BCUT2D eigenvalue weighted by Gasteiger charge is -2.25. The molecule has 1 heteroatoms. The van der Waals surface area contributed by atoms with Crippen LogP contribution in [-0.4, -0.2) is 5.78 Å². The molecule has 0 aliphatic rings. The normalized spacial score (nSPS) is 12.6. The molecule has 1 aromatic rings. The van der Waals surface area contributed by atoms with Crippen LogP contribution in [0.3, 0.4) is 0 Å². The Morgan fingerprint density at radius 3 is 1.94 bits per heavy atom. The fourth-order valence-corrected chi connectivity index (χ4v) is 1.58. The van der Waals surface area contributed by atoms with E-state index >= 15 is 0 Å². The van der Waals surface area contributed by atoms with E-state index < -0.39 is 0 Å². The largest absolute Gasteiger partial charge is 0.299 e. The van der Waals surface area contributed by atoms with Gasteiger partial charge in [0.05, 0.1) is 0 Å². The molecule has 0 aliphatic carbocycles. The number of Topliss-reactive ketones (excluding diaryl/α,β-unsaturated/α-hetero) is 1. The zero-order chi connectivity index (χ0) is 12.6. The van der Waals surface area contributed by atoms with Crippen LogP contribution >= 0.6 is 0 Å². The Labute approximate surface area is 98.9 Å². The van der Waals surface area contributed by atoms with E-state index in [2.05, 4.69) is 32.9 Å². The van der Waals surface area contributed by atoms with Crippen LogP contribution < -0.4 is 0 Å². The quantitative estimate of drug-likeness (QED) is 0.737. The third-order valence-corrected chi connectivity index (χ3v) is 3.33. The highest BCUT2D eigenvalue weighted by Crippen LogP contribution is 2.29. The fourth-order valence-electron chi connectivity index (χ4n) is 1.58. The Kier molecular flexibility index (Phi) is 3.27. The lowest BCUT2D eigenvalue weighted by atomic mass is 9.78. The molecule has 0 saturated heterocycles. The maximum absolute atomic E-state index is 11.6. The topological polar surface area (TPSA) is 17.1 Å². The summed E-state index contributed by atoms with van der Waals surface area (Å²) >= 11 is 0. The van der Waals surface area contributed by atoms with Crippen LogP contribution in [0.4, 0.5) is 0 Å². The second kappa shape index (κ2) is 4.04. The Bertz CT molecular complexity index is 394. The first-order valence-electron chi connectivity index (χ1n) is 5.78. The molecular formula is C15H22O. The van der Waals surface area contributed by atoms with Crippen LogP contribution in [-0.2, 0) is 15.6 Å². The van der Waals surface area contributed by atoms with Crippen molar-refractivity contribution in [2.45, 2.75) is 52.4 Å². The van der Waals surface area contributed by atoms with Crippen LogP contribution in [0.5, 0.6) is 0 Å². The van der Waals surface area contributed by atoms with Crippen LogP contribution in [0, 0.1) is 0 Å². The van der Waals surface area contributed by atoms with Crippen LogP contribution in [0.2, 0.25) is 0 Å². The first-order valence-corrected chi connectivity index (χ1v) is 5.78. The highest BCUT2D eigenvalue weighted by Gasteiger charge is 2.27. The molecule has 1 aromatic carbocycles. The summed E-state index contributed by atoms with van der Waals surface area (Å²) in [7, 11) is 0. The summed E-state index contributed by atoms with van der Waals surface area (Å²) in [5.74, 6) is 0.207. The van der Waals surface area contributed by atoms with Crippen LogP contribution in [0.25, 0.3) is 0 Å². The minimum atomic E-state index is -0.388. The molecule has 88 valence electrons. The molecule has 0 unspecified atom stereocenters. The lowest BCUT2D eigenvalue weighted by molar-refractivity contribution is -0.121. The van der Waals surface area contributed by atoms with E-state index in [1.54, 1.807) is 6.92 Å². The molecule has 1 rings (SSSR count). The van der Waals surface area contributed by atoms with Crippen molar-refractivity contribution in [2.24, 2.45) is 0 Å². The Morgan fingerprint density at radius 2 is 1.50 bits per heavy atom. The average molecular weight is 218 g/mol. The van der Waals surface area contributed by atoms with Crippen LogP contribution in [0.15, 0.2) is 24.3 Å². The number of carbonyl (C=O) groups is 1. The van der Waals surface area contributed by atoms with Gasteiger partial charge in [0, 0.05) is 5.41 Å². The van der Waals surface area contributed by atoms with Gasteiger partial charge in [-0.05, 0) is 37.3 Å². The van der Waals surface area contributed by atoms with E-state index in [1.165, 1.54) is 5.56 Å². The zero-order valence-electron chi connectivity index (χ0n) is 11.2. The molecule has 1 nitrogen and oxygen atoms in total. The van der Waals surface area contributed by atoms with Gasteiger partial charge in [0.2, 0.25) is 0 Å². The van der Waals surface area contributed by atoms with Crippen molar-refractivity contribution in [3.05, 3.63) is 35.4 Å². The van der Waals surface area contributed by atoms with Crippen molar-refractivity contribution >= 4 is 5.78 Å². The average Bonchev–Trinajstić information content (AvgIpc) is 2.16. The standard InChI is InChI=1S/C15H22O/c1-11(16)15(5,6)13-9-7-8-12(10-13)14(2,3)4/h7-10H,1-6H3. The van der Waals surface area contributed by atoms with Crippen LogP contribution in [0.1, 0.15) is 52.7 Å².